The molecule has 0 amide bonds. The minimum absolute atomic E-state index is 0.325. The fourth-order valence-electron chi connectivity index (χ4n) is 4.17. The summed E-state index contributed by atoms with van der Waals surface area (Å²) in [6.07, 6.45) is 7.37. The number of hydrogen-bond acceptors (Lipinski definition) is 5. The number of thiazole rings is 1. The van der Waals surface area contributed by atoms with Crippen LogP contribution in [0.4, 0.5) is 4.39 Å². The molecule has 2 N–H and O–H groups in total. The number of imidazole rings is 1. The van der Waals surface area contributed by atoms with Gasteiger partial charge in [0.1, 0.15) is 27.9 Å². The summed E-state index contributed by atoms with van der Waals surface area (Å²) in [5.74, 6) is 0.342. The molecule has 6 rings (SSSR count). The number of aromatic amines is 1. The van der Waals surface area contributed by atoms with Crippen molar-refractivity contribution in [3.05, 3.63) is 77.7 Å². The Labute approximate surface area is 174 Å². The Morgan fingerprint density at radius 2 is 2.13 bits per heavy atom. The van der Waals surface area contributed by atoms with Gasteiger partial charge in [0, 0.05) is 54.3 Å². The van der Waals surface area contributed by atoms with Crippen LogP contribution < -0.4 is 0 Å². The van der Waals surface area contributed by atoms with Gasteiger partial charge in [-0.1, -0.05) is 18.2 Å². The van der Waals surface area contributed by atoms with Gasteiger partial charge in [0.25, 0.3) is 0 Å². The SMILES string of the molecule is O[C@@]1(c2cccc(-c3csc(-c4c[nH]c5nccc(F)c45)n3)c2)CCn2ccnc21. The van der Waals surface area contributed by atoms with Crippen molar-refractivity contribution in [3.63, 3.8) is 0 Å². The van der Waals surface area contributed by atoms with Crippen LogP contribution in [-0.2, 0) is 12.1 Å². The number of aromatic nitrogens is 5. The summed E-state index contributed by atoms with van der Waals surface area (Å²) < 4.78 is 16.3. The van der Waals surface area contributed by atoms with Crippen LogP contribution in [0.5, 0.6) is 0 Å². The van der Waals surface area contributed by atoms with Gasteiger partial charge in [-0.15, -0.1) is 11.3 Å². The fourth-order valence-corrected chi connectivity index (χ4v) is 5.02. The van der Waals surface area contributed by atoms with Crippen LogP contribution in [0.25, 0.3) is 32.9 Å². The van der Waals surface area contributed by atoms with Crippen molar-refractivity contribution in [3.8, 4) is 21.8 Å². The van der Waals surface area contributed by atoms with Crippen molar-refractivity contribution >= 4 is 22.4 Å². The van der Waals surface area contributed by atoms with Gasteiger partial charge in [0.15, 0.2) is 0 Å². The summed E-state index contributed by atoms with van der Waals surface area (Å²) in [6, 6.07) is 9.11. The molecule has 1 atom stereocenters. The molecule has 8 heteroatoms. The van der Waals surface area contributed by atoms with Crippen molar-refractivity contribution in [1.82, 2.24) is 24.5 Å². The van der Waals surface area contributed by atoms with Crippen LogP contribution in [-0.4, -0.2) is 29.6 Å². The number of rotatable bonds is 3. The largest absolute Gasteiger partial charge is 0.377 e. The highest BCUT2D eigenvalue weighted by Gasteiger charge is 2.40. The van der Waals surface area contributed by atoms with Gasteiger partial charge in [-0.25, -0.2) is 19.3 Å². The molecule has 0 saturated heterocycles. The molecule has 148 valence electrons. The average Bonchev–Trinajstić information content (AvgIpc) is 3.54. The predicted molar refractivity (Wildman–Crippen MR) is 112 cm³/mol. The standard InChI is InChI=1S/C22H16FN5OS/c23-16-4-6-24-19-18(16)15(11-26-19)20-27-17(12-30-20)13-2-1-3-14(10-13)22(29)5-8-28-9-7-25-21(22)28/h1-4,6-7,9-12,29H,5,8H2,(H,24,26)/t22-/m1/s1. The van der Waals surface area contributed by atoms with Crippen LogP contribution >= 0.6 is 11.3 Å². The Kier molecular flexibility index (Phi) is 3.68. The number of pyridine rings is 1. The van der Waals surface area contributed by atoms with Crippen LogP contribution in [0, 0.1) is 5.82 Å². The van der Waals surface area contributed by atoms with E-state index in [1.807, 2.05) is 40.4 Å². The van der Waals surface area contributed by atoms with E-state index in [0.29, 0.717) is 33.8 Å². The van der Waals surface area contributed by atoms with Crippen LogP contribution in [0.2, 0.25) is 0 Å². The van der Waals surface area contributed by atoms with E-state index >= 15 is 0 Å². The van der Waals surface area contributed by atoms with E-state index in [4.69, 9.17) is 4.98 Å². The maximum Gasteiger partial charge on any atom is 0.149 e. The van der Waals surface area contributed by atoms with Crippen LogP contribution in [0.1, 0.15) is 17.8 Å². The summed E-state index contributed by atoms with van der Waals surface area (Å²) in [5, 5.41) is 14.4. The quantitative estimate of drug-likeness (QED) is 0.458. The second-order valence-corrected chi connectivity index (χ2v) is 8.25. The van der Waals surface area contributed by atoms with Gasteiger partial charge < -0.3 is 14.7 Å². The first-order valence-corrected chi connectivity index (χ1v) is 10.4. The van der Waals surface area contributed by atoms with Crippen molar-refractivity contribution in [2.75, 3.05) is 0 Å². The Balaban J connectivity index is 1.41. The molecule has 30 heavy (non-hydrogen) atoms. The first-order chi connectivity index (χ1) is 14.6. The second-order valence-electron chi connectivity index (χ2n) is 7.39. The molecular weight excluding hydrogens is 401 g/mol. The third-order valence-electron chi connectivity index (χ3n) is 5.69. The Bertz CT molecular complexity index is 1400. The normalized spacial score (nSPS) is 18.2. The highest BCUT2D eigenvalue weighted by Crippen LogP contribution is 2.39. The smallest absolute Gasteiger partial charge is 0.149 e. The summed E-state index contributed by atoms with van der Waals surface area (Å²) in [7, 11) is 0. The summed E-state index contributed by atoms with van der Waals surface area (Å²) >= 11 is 1.45. The molecule has 1 aliphatic rings. The molecule has 0 spiro atoms. The minimum Gasteiger partial charge on any atom is -0.377 e. The lowest BCUT2D eigenvalue weighted by Gasteiger charge is -2.22. The molecule has 4 aromatic heterocycles. The van der Waals surface area contributed by atoms with Crippen molar-refractivity contribution < 1.29 is 9.50 Å². The molecule has 5 heterocycles. The number of benzene rings is 1. The van der Waals surface area contributed by atoms with E-state index in [2.05, 4.69) is 15.0 Å². The zero-order chi connectivity index (χ0) is 20.3. The molecule has 0 aliphatic carbocycles. The number of H-pyrrole nitrogens is 1. The van der Waals surface area contributed by atoms with Crippen LogP contribution in [0.15, 0.2) is 60.5 Å². The second kappa shape index (κ2) is 6.32. The van der Waals surface area contributed by atoms with Gasteiger partial charge >= 0.3 is 0 Å². The first-order valence-electron chi connectivity index (χ1n) is 9.56. The monoisotopic (exact) mass is 417 g/mol. The highest BCUT2D eigenvalue weighted by atomic mass is 32.1. The average molecular weight is 417 g/mol. The molecule has 5 aromatic rings. The summed E-state index contributed by atoms with van der Waals surface area (Å²) in [5.41, 5.74) is 2.56. The molecule has 0 saturated carbocycles. The number of nitrogens with one attached hydrogen (secondary N) is 1. The molecule has 1 aromatic carbocycles. The maximum atomic E-state index is 14.3. The van der Waals surface area contributed by atoms with E-state index < -0.39 is 5.60 Å². The lowest BCUT2D eigenvalue weighted by molar-refractivity contribution is 0.0786. The number of aryl methyl sites for hydroxylation is 1. The number of fused-ring (bicyclic) bond motifs is 2. The van der Waals surface area contributed by atoms with Gasteiger partial charge in [0.2, 0.25) is 0 Å². The zero-order valence-corrected chi connectivity index (χ0v) is 16.5. The maximum absolute atomic E-state index is 14.3. The lowest BCUT2D eigenvalue weighted by Crippen LogP contribution is -2.25. The van der Waals surface area contributed by atoms with Crippen molar-refractivity contribution in [2.24, 2.45) is 0 Å². The highest BCUT2D eigenvalue weighted by molar-refractivity contribution is 7.13. The molecule has 1 aliphatic heterocycles. The van der Waals surface area contributed by atoms with E-state index in [1.165, 1.54) is 23.6 Å². The third-order valence-corrected chi connectivity index (χ3v) is 6.57. The van der Waals surface area contributed by atoms with Gasteiger partial charge in [-0.2, -0.15) is 0 Å². The molecule has 6 nitrogen and oxygen atoms in total. The molecule has 0 bridgehead atoms. The Morgan fingerprint density at radius 3 is 3.07 bits per heavy atom. The van der Waals surface area contributed by atoms with Gasteiger partial charge in [-0.05, 0) is 17.7 Å². The van der Waals surface area contributed by atoms with Gasteiger partial charge in [0.05, 0.1) is 11.1 Å². The zero-order valence-electron chi connectivity index (χ0n) is 15.7. The van der Waals surface area contributed by atoms with E-state index in [9.17, 15) is 9.50 Å². The van der Waals surface area contributed by atoms with E-state index in [-0.39, 0.29) is 5.82 Å². The topological polar surface area (TPSA) is 79.6 Å². The molecule has 0 fully saturated rings. The fraction of sp³-hybridized carbons (Fsp3) is 0.136. The summed E-state index contributed by atoms with van der Waals surface area (Å²) in [6.45, 7) is 0.733. The predicted octanol–water partition coefficient (Wildman–Crippen LogP) is 4.33. The van der Waals surface area contributed by atoms with E-state index in [1.54, 1.807) is 12.4 Å². The van der Waals surface area contributed by atoms with Crippen molar-refractivity contribution in [2.45, 2.75) is 18.6 Å². The molecule has 0 unspecified atom stereocenters. The Morgan fingerprint density at radius 1 is 1.20 bits per heavy atom. The van der Waals surface area contributed by atoms with Crippen LogP contribution in [0.3, 0.4) is 0 Å². The van der Waals surface area contributed by atoms with Gasteiger partial charge in [-0.3, -0.25) is 0 Å². The lowest BCUT2D eigenvalue weighted by atomic mass is 9.90. The first kappa shape index (κ1) is 17.5. The number of aliphatic hydroxyl groups is 1. The summed E-state index contributed by atoms with van der Waals surface area (Å²) in [4.78, 5) is 16.3. The van der Waals surface area contributed by atoms with Crippen molar-refractivity contribution in [1.29, 1.82) is 0 Å². The number of nitrogens with zero attached hydrogens (tertiary/aromatic N) is 4. The third kappa shape index (κ3) is 2.47. The van der Waals surface area contributed by atoms with E-state index in [0.717, 1.165) is 23.4 Å². The molecule has 0 radical (unpaired) electrons. The number of halogens is 1. The Hall–Kier alpha value is -3.36. The minimum atomic E-state index is -1.11. The number of hydrogen-bond donors (Lipinski definition) is 2. The molecular formula is C22H16FN5OS.